The molecule has 0 heterocycles. The minimum Gasteiger partial charge on any atom is -0.493 e. The fourth-order valence-corrected chi connectivity index (χ4v) is 2.70. The summed E-state index contributed by atoms with van der Waals surface area (Å²) in [5.74, 6) is 0.871. The Morgan fingerprint density at radius 1 is 0.966 bits per heavy atom. The first-order chi connectivity index (χ1) is 14.2. The molecule has 29 heavy (non-hydrogen) atoms. The number of hydrogen-bond acceptors (Lipinski definition) is 4. The summed E-state index contributed by atoms with van der Waals surface area (Å²) in [6.45, 7) is 0.435. The lowest BCUT2D eigenvalue weighted by Crippen LogP contribution is -2.09. The molecule has 146 valence electrons. The monoisotopic (exact) mass is 387 g/mol. The van der Waals surface area contributed by atoms with Gasteiger partial charge in [0.15, 0.2) is 17.8 Å². The van der Waals surface area contributed by atoms with Crippen molar-refractivity contribution in [2.75, 3.05) is 12.4 Å². The molecule has 0 aromatic heterocycles. The lowest BCUT2D eigenvalue weighted by atomic mass is 10.1. The summed E-state index contributed by atoms with van der Waals surface area (Å²) in [4.78, 5) is 23.2. The summed E-state index contributed by atoms with van der Waals surface area (Å²) in [6, 6.07) is 22.1. The van der Waals surface area contributed by atoms with Gasteiger partial charge in [0.1, 0.15) is 6.61 Å². The molecule has 5 heteroatoms. The zero-order valence-electron chi connectivity index (χ0n) is 16.0. The number of amides is 1. The van der Waals surface area contributed by atoms with Gasteiger partial charge in [0.2, 0.25) is 5.91 Å². The Balaban J connectivity index is 1.66. The lowest BCUT2D eigenvalue weighted by Gasteiger charge is -2.11. The molecule has 0 aliphatic carbocycles. The van der Waals surface area contributed by atoms with Crippen LogP contribution < -0.4 is 14.8 Å². The summed E-state index contributed by atoms with van der Waals surface area (Å²) in [5, 5.41) is 2.70. The molecule has 0 atom stereocenters. The van der Waals surface area contributed by atoms with E-state index in [4.69, 9.17) is 9.47 Å². The maximum absolute atomic E-state index is 12.2. The van der Waals surface area contributed by atoms with Crippen molar-refractivity contribution in [2.45, 2.75) is 6.61 Å². The van der Waals surface area contributed by atoms with Crippen LogP contribution in [0.2, 0.25) is 0 Å². The molecule has 3 aromatic rings. The molecule has 0 saturated carbocycles. The first-order valence-electron chi connectivity index (χ1n) is 9.07. The number of hydrogen-bond donors (Lipinski definition) is 1. The van der Waals surface area contributed by atoms with Gasteiger partial charge in [-0.3, -0.25) is 9.59 Å². The Bertz CT molecular complexity index is 1010. The molecule has 0 bridgehead atoms. The number of aldehydes is 1. The molecule has 0 spiro atoms. The fraction of sp³-hybridized carbons (Fsp3) is 0.0833. The van der Waals surface area contributed by atoms with Crippen molar-refractivity contribution in [3.05, 3.63) is 95.6 Å². The van der Waals surface area contributed by atoms with E-state index in [-0.39, 0.29) is 5.91 Å². The predicted octanol–water partition coefficient (Wildman–Crippen LogP) is 4.74. The second-order valence-corrected chi connectivity index (χ2v) is 6.21. The highest BCUT2D eigenvalue weighted by Crippen LogP contribution is 2.29. The topological polar surface area (TPSA) is 64.6 Å². The van der Waals surface area contributed by atoms with Crippen molar-refractivity contribution in [3.63, 3.8) is 0 Å². The van der Waals surface area contributed by atoms with E-state index in [0.717, 1.165) is 11.1 Å². The Morgan fingerprint density at radius 3 is 2.48 bits per heavy atom. The van der Waals surface area contributed by atoms with E-state index < -0.39 is 0 Å². The average Bonchev–Trinajstić information content (AvgIpc) is 2.77. The van der Waals surface area contributed by atoms with Gasteiger partial charge >= 0.3 is 0 Å². The van der Waals surface area contributed by atoms with Crippen LogP contribution in [0.1, 0.15) is 21.5 Å². The van der Waals surface area contributed by atoms with Crippen molar-refractivity contribution in [1.82, 2.24) is 0 Å². The molecular weight excluding hydrogens is 366 g/mol. The van der Waals surface area contributed by atoms with Crippen molar-refractivity contribution in [3.8, 4) is 11.5 Å². The maximum Gasteiger partial charge on any atom is 0.248 e. The number of carbonyl (C=O) groups is 2. The fourth-order valence-electron chi connectivity index (χ4n) is 2.70. The summed E-state index contributed by atoms with van der Waals surface area (Å²) in [6.07, 6.45) is 3.78. The van der Waals surface area contributed by atoms with Crippen molar-refractivity contribution >= 4 is 24.0 Å². The highest BCUT2D eigenvalue weighted by atomic mass is 16.5. The number of rotatable bonds is 8. The second-order valence-electron chi connectivity index (χ2n) is 6.21. The molecule has 0 aliphatic heterocycles. The summed E-state index contributed by atoms with van der Waals surface area (Å²) < 4.78 is 11.2. The van der Waals surface area contributed by atoms with Crippen LogP contribution in [0, 0.1) is 0 Å². The Hall–Kier alpha value is -3.86. The van der Waals surface area contributed by atoms with Gasteiger partial charge < -0.3 is 14.8 Å². The first kappa shape index (κ1) is 19.9. The van der Waals surface area contributed by atoms with E-state index in [0.29, 0.717) is 35.6 Å². The third-order valence-corrected chi connectivity index (χ3v) is 4.20. The summed E-state index contributed by atoms with van der Waals surface area (Å²) in [5.41, 5.74) is 2.74. The van der Waals surface area contributed by atoms with Crippen LogP contribution in [0.5, 0.6) is 11.5 Å². The highest BCUT2D eigenvalue weighted by molar-refractivity contribution is 6.04. The van der Waals surface area contributed by atoms with Gasteiger partial charge in [-0.1, -0.05) is 48.5 Å². The number of ether oxygens (including phenoxy) is 2. The van der Waals surface area contributed by atoms with Gasteiger partial charge in [0, 0.05) is 11.6 Å². The number of anilines is 1. The third kappa shape index (κ3) is 5.56. The normalized spacial score (nSPS) is 10.5. The van der Waals surface area contributed by atoms with Crippen LogP contribution in [-0.2, 0) is 11.4 Å². The molecule has 3 aromatic carbocycles. The van der Waals surface area contributed by atoms with Crippen LogP contribution in [0.15, 0.2) is 78.9 Å². The van der Waals surface area contributed by atoms with Crippen LogP contribution in [0.3, 0.4) is 0 Å². The predicted molar refractivity (Wildman–Crippen MR) is 113 cm³/mol. The Kier molecular flexibility index (Phi) is 6.79. The average molecular weight is 387 g/mol. The van der Waals surface area contributed by atoms with Gasteiger partial charge in [0.05, 0.1) is 12.8 Å². The molecular formula is C24H21NO4. The zero-order chi connectivity index (χ0) is 20.5. The first-order valence-corrected chi connectivity index (χ1v) is 9.07. The minimum atomic E-state index is -0.331. The molecule has 1 N–H and O–H groups in total. The molecule has 5 nitrogen and oxygen atoms in total. The van der Waals surface area contributed by atoms with E-state index in [9.17, 15) is 9.59 Å². The molecule has 0 fully saturated rings. The van der Waals surface area contributed by atoms with Crippen LogP contribution >= 0.6 is 0 Å². The number of benzene rings is 3. The van der Waals surface area contributed by atoms with Crippen molar-refractivity contribution in [2.24, 2.45) is 0 Å². The van der Waals surface area contributed by atoms with Gasteiger partial charge in [0.25, 0.3) is 0 Å². The van der Waals surface area contributed by atoms with E-state index in [1.54, 1.807) is 49.6 Å². The summed E-state index contributed by atoms with van der Waals surface area (Å²) >= 11 is 0. The minimum absolute atomic E-state index is 0.331. The van der Waals surface area contributed by atoms with Crippen LogP contribution in [-0.4, -0.2) is 19.3 Å². The van der Waals surface area contributed by atoms with Gasteiger partial charge in [-0.25, -0.2) is 0 Å². The van der Waals surface area contributed by atoms with E-state index in [2.05, 4.69) is 5.32 Å². The Labute approximate surface area is 169 Å². The highest BCUT2D eigenvalue weighted by Gasteiger charge is 2.06. The second kappa shape index (κ2) is 9.90. The maximum atomic E-state index is 12.2. The molecule has 0 aliphatic rings. The smallest absolute Gasteiger partial charge is 0.248 e. The molecule has 0 unspecified atom stereocenters. The molecule has 1 amide bonds. The SMILES string of the molecule is COc1cc(/C=C/C(=O)Nc2ccccc2C=O)ccc1OCc1ccccc1. The van der Waals surface area contributed by atoms with Crippen molar-refractivity contribution in [1.29, 1.82) is 0 Å². The summed E-state index contributed by atoms with van der Waals surface area (Å²) in [7, 11) is 1.57. The number of carbonyl (C=O) groups excluding carboxylic acids is 2. The van der Waals surface area contributed by atoms with Crippen molar-refractivity contribution < 1.29 is 19.1 Å². The van der Waals surface area contributed by atoms with Gasteiger partial charge in [-0.15, -0.1) is 0 Å². The number of nitrogens with one attached hydrogen (secondary N) is 1. The van der Waals surface area contributed by atoms with Crippen LogP contribution in [0.25, 0.3) is 6.08 Å². The van der Waals surface area contributed by atoms with E-state index in [1.807, 2.05) is 36.4 Å². The standard InChI is InChI=1S/C24H21NO4/c1-28-23-15-18(11-13-22(23)29-17-19-7-3-2-4-8-19)12-14-24(27)25-21-10-6-5-9-20(21)16-26/h2-16H,17H2,1H3,(H,25,27)/b14-12+. The quantitative estimate of drug-likeness (QED) is 0.448. The third-order valence-electron chi connectivity index (χ3n) is 4.20. The molecule has 3 rings (SSSR count). The zero-order valence-corrected chi connectivity index (χ0v) is 16.0. The number of para-hydroxylation sites is 1. The van der Waals surface area contributed by atoms with Gasteiger partial charge in [-0.05, 0) is 41.5 Å². The van der Waals surface area contributed by atoms with E-state index >= 15 is 0 Å². The molecule has 0 radical (unpaired) electrons. The number of methoxy groups -OCH3 is 1. The Morgan fingerprint density at radius 2 is 1.72 bits per heavy atom. The van der Waals surface area contributed by atoms with Crippen LogP contribution in [0.4, 0.5) is 5.69 Å². The lowest BCUT2D eigenvalue weighted by molar-refractivity contribution is -0.111. The van der Waals surface area contributed by atoms with E-state index in [1.165, 1.54) is 6.08 Å². The molecule has 0 saturated heterocycles. The van der Waals surface area contributed by atoms with Gasteiger partial charge in [-0.2, -0.15) is 0 Å². The largest absolute Gasteiger partial charge is 0.493 e.